The zero-order valence-electron chi connectivity index (χ0n) is 10.6. The topological polar surface area (TPSA) is 35.5 Å². The van der Waals surface area contributed by atoms with Gasteiger partial charge >= 0.3 is 24.0 Å². The second-order valence-corrected chi connectivity index (χ2v) is 4.32. The van der Waals surface area contributed by atoms with Crippen molar-refractivity contribution in [1.29, 1.82) is 0 Å². The van der Waals surface area contributed by atoms with E-state index in [9.17, 15) is 35.5 Å². The number of ether oxygens (including phenoxy) is 2. The number of thiol groups is 1. The summed E-state index contributed by atoms with van der Waals surface area (Å²) < 4.78 is 94.3. The lowest BCUT2D eigenvalue weighted by atomic mass is 10.2. The van der Waals surface area contributed by atoms with Crippen LogP contribution >= 0.6 is 12.6 Å². The molecule has 0 aromatic heterocycles. The number of carbonyl (C=O) groups excluding carboxylic acids is 1. The third-order valence-corrected chi connectivity index (χ3v) is 2.33. The molecule has 0 rings (SSSR count). The smallest absolute Gasteiger partial charge is 0.459 e. The molecule has 0 aromatic carbocycles. The lowest BCUT2D eigenvalue weighted by molar-refractivity contribution is -0.361. The van der Waals surface area contributed by atoms with Crippen molar-refractivity contribution in [2.45, 2.75) is 30.9 Å². The van der Waals surface area contributed by atoms with Crippen molar-refractivity contribution >= 4 is 18.6 Å². The van der Waals surface area contributed by atoms with Crippen LogP contribution in [0, 0.1) is 0 Å². The van der Waals surface area contributed by atoms with Crippen LogP contribution in [0.1, 0.15) is 12.8 Å². The average molecular weight is 346 g/mol. The van der Waals surface area contributed by atoms with Gasteiger partial charge in [0.15, 0.2) is 0 Å². The minimum Gasteiger partial charge on any atom is -0.466 e. The molecule has 0 amide bonds. The Morgan fingerprint density at radius 2 is 1.57 bits per heavy atom. The summed E-state index contributed by atoms with van der Waals surface area (Å²) in [4.78, 5) is 10.8. The largest absolute Gasteiger partial charge is 0.466 e. The summed E-state index contributed by atoms with van der Waals surface area (Å²) in [5.74, 6) is -11.9. The fraction of sp³-hybridized carbons (Fsp3) is 0.900. The molecule has 0 aromatic rings. The highest BCUT2D eigenvalue weighted by molar-refractivity contribution is 7.80. The molecule has 0 unspecified atom stereocenters. The molecule has 0 radical (unpaired) electrons. The maximum atomic E-state index is 12.7. The normalized spacial score (nSPS) is 13.3. The fourth-order valence-corrected chi connectivity index (χ4v) is 1.19. The van der Waals surface area contributed by atoms with Gasteiger partial charge in [-0.15, -0.1) is 0 Å². The highest BCUT2D eigenvalue weighted by atomic mass is 32.1. The summed E-state index contributed by atoms with van der Waals surface area (Å²) in [6.07, 6.45) is -6.46. The van der Waals surface area contributed by atoms with E-state index < -0.39 is 37.2 Å². The van der Waals surface area contributed by atoms with Gasteiger partial charge in [0.1, 0.15) is 6.61 Å². The summed E-state index contributed by atoms with van der Waals surface area (Å²) in [6, 6.07) is 0. The number of halogens is 7. The van der Waals surface area contributed by atoms with Gasteiger partial charge in [0.05, 0.1) is 19.6 Å². The van der Waals surface area contributed by atoms with Crippen molar-refractivity contribution in [3.8, 4) is 0 Å². The van der Waals surface area contributed by atoms with Crippen molar-refractivity contribution in [1.82, 2.24) is 0 Å². The lowest BCUT2D eigenvalue weighted by Gasteiger charge is -2.27. The van der Waals surface area contributed by atoms with Crippen LogP contribution in [0.4, 0.5) is 30.7 Å². The maximum Gasteiger partial charge on any atom is 0.459 e. The summed E-state index contributed by atoms with van der Waals surface area (Å²) >= 11 is 3.75. The Morgan fingerprint density at radius 3 is 2.05 bits per heavy atom. The standard InChI is InChI=1S/C10H13F7O3S/c11-8(12,9(13,14)10(15,16)17)6-19-3-1-4-20-7(18)2-5-21/h21H,1-6H2. The van der Waals surface area contributed by atoms with E-state index in [4.69, 9.17) is 0 Å². The molecule has 126 valence electrons. The second kappa shape index (κ2) is 8.06. The average Bonchev–Trinajstić information content (AvgIpc) is 2.32. The predicted molar refractivity (Wildman–Crippen MR) is 60.8 cm³/mol. The van der Waals surface area contributed by atoms with Crippen molar-refractivity contribution in [2.24, 2.45) is 0 Å². The van der Waals surface area contributed by atoms with Crippen molar-refractivity contribution in [2.75, 3.05) is 25.6 Å². The Hall–Kier alpha value is -0.710. The van der Waals surface area contributed by atoms with Gasteiger partial charge in [-0.05, 0) is 0 Å². The minimum atomic E-state index is -6.37. The molecule has 0 saturated heterocycles. The molecule has 0 aliphatic carbocycles. The van der Waals surface area contributed by atoms with Gasteiger partial charge in [-0.1, -0.05) is 0 Å². The Labute approximate surface area is 121 Å². The summed E-state index contributed by atoms with van der Waals surface area (Å²) in [5, 5.41) is 0. The molecule has 0 aliphatic heterocycles. The van der Waals surface area contributed by atoms with Crippen LogP contribution < -0.4 is 0 Å². The van der Waals surface area contributed by atoms with Gasteiger partial charge in [0.2, 0.25) is 0 Å². The molecule has 3 nitrogen and oxygen atoms in total. The van der Waals surface area contributed by atoms with Gasteiger partial charge in [0, 0.05) is 12.2 Å². The highest BCUT2D eigenvalue weighted by Crippen LogP contribution is 2.46. The molecule has 0 spiro atoms. The lowest BCUT2D eigenvalue weighted by Crippen LogP contribution is -2.54. The molecule has 0 N–H and O–H groups in total. The Bertz CT molecular complexity index is 333. The first-order valence-electron chi connectivity index (χ1n) is 5.62. The van der Waals surface area contributed by atoms with Crippen LogP contribution in [0.2, 0.25) is 0 Å². The van der Waals surface area contributed by atoms with Crippen molar-refractivity contribution in [3.05, 3.63) is 0 Å². The third-order valence-electron chi connectivity index (χ3n) is 2.11. The molecule has 0 fully saturated rings. The van der Waals surface area contributed by atoms with Gasteiger partial charge < -0.3 is 9.47 Å². The number of hydrogen-bond donors (Lipinski definition) is 1. The van der Waals surface area contributed by atoms with E-state index >= 15 is 0 Å². The second-order valence-electron chi connectivity index (χ2n) is 3.88. The van der Waals surface area contributed by atoms with E-state index in [1.165, 1.54) is 0 Å². The van der Waals surface area contributed by atoms with Gasteiger partial charge in [-0.25, -0.2) is 0 Å². The van der Waals surface area contributed by atoms with Crippen LogP contribution in [-0.2, 0) is 14.3 Å². The fourth-order valence-electron chi connectivity index (χ4n) is 1.01. The van der Waals surface area contributed by atoms with Gasteiger partial charge in [0.25, 0.3) is 0 Å². The zero-order valence-corrected chi connectivity index (χ0v) is 11.5. The number of esters is 1. The first kappa shape index (κ1) is 20.3. The molecule has 0 bridgehead atoms. The van der Waals surface area contributed by atoms with E-state index in [0.29, 0.717) is 0 Å². The monoisotopic (exact) mass is 346 g/mol. The van der Waals surface area contributed by atoms with Crippen LogP contribution in [-0.4, -0.2) is 49.6 Å². The molecular formula is C10H13F7O3S. The van der Waals surface area contributed by atoms with E-state index in [0.717, 1.165) is 0 Å². The summed E-state index contributed by atoms with van der Waals surface area (Å²) in [5.41, 5.74) is 0. The molecular weight excluding hydrogens is 333 g/mol. The Morgan fingerprint density at radius 1 is 1.00 bits per heavy atom. The molecule has 0 heterocycles. The predicted octanol–water partition coefficient (Wildman–Crippen LogP) is 3.09. The first-order chi connectivity index (χ1) is 9.45. The number of carbonyl (C=O) groups is 1. The van der Waals surface area contributed by atoms with Crippen molar-refractivity contribution in [3.63, 3.8) is 0 Å². The molecule has 0 aliphatic rings. The molecule has 0 saturated carbocycles. The highest BCUT2D eigenvalue weighted by Gasteiger charge is 2.72. The SMILES string of the molecule is O=C(CCS)OCCCOCC(F)(F)C(F)(F)C(F)(F)F. The van der Waals surface area contributed by atoms with Crippen molar-refractivity contribution < 1.29 is 45.0 Å². The Balaban J connectivity index is 4.04. The van der Waals surface area contributed by atoms with E-state index in [-0.39, 0.29) is 25.2 Å². The zero-order chi connectivity index (χ0) is 16.7. The molecule has 0 atom stereocenters. The quantitative estimate of drug-likeness (QED) is 0.302. The summed E-state index contributed by atoms with van der Waals surface area (Å²) in [7, 11) is 0. The van der Waals surface area contributed by atoms with Crippen LogP contribution in [0.3, 0.4) is 0 Å². The molecule has 21 heavy (non-hydrogen) atoms. The number of alkyl halides is 7. The van der Waals surface area contributed by atoms with Crippen LogP contribution in [0.15, 0.2) is 0 Å². The van der Waals surface area contributed by atoms with Crippen LogP contribution in [0.5, 0.6) is 0 Å². The molecule has 11 heteroatoms. The van der Waals surface area contributed by atoms with E-state index in [1.54, 1.807) is 0 Å². The van der Waals surface area contributed by atoms with E-state index in [2.05, 4.69) is 22.1 Å². The Kier molecular flexibility index (Phi) is 7.79. The maximum absolute atomic E-state index is 12.7. The van der Waals surface area contributed by atoms with E-state index in [1.807, 2.05) is 0 Å². The summed E-state index contributed by atoms with van der Waals surface area (Å²) in [6.45, 7) is -2.88. The third kappa shape index (κ3) is 6.29. The number of rotatable bonds is 9. The first-order valence-corrected chi connectivity index (χ1v) is 6.25. The minimum absolute atomic E-state index is 0.0276. The number of hydrogen-bond acceptors (Lipinski definition) is 4. The van der Waals surface area contributed by atoms with Gasteiger partial charge in [-0.2, -0.15) is 43.4 Å². The van der Waals surface area contributed by atoms with Crippen LogP contribution in [0.25, 0.3) is 0 Å². The van der Waals surface area contributed by atoms with Gasteiger partial charge in [-0.3, -0.25) is 4.79 Å².